The van der Waals surface area contributed by atoms with Crippen LogP contribution in [-0.2, 0) is 6.18 Å². The van der Waals surface area contributed by atoms with Crippen LogP contribution in [0.1, 0.15) is 16.1 Å². The van der Waals surface area contributed by atoms with Crippen LogP contribution in [0.5, 0.6) is 0 Å². The van der Waals surface area contributed by atoms with Crippen LogP contribution in [0.25, 0.3) is 0 Å². The van der Waals surface area contributed by atoms with Crippen molar-refractivity contribution in [1.29, 1.82) is 0 Å². The van der Waals surface area contributed by atoms with Gasteiger partial charge in [-0.05, 0) is 41.2 Å². The van der Waals surface area contributed by atoms with Crippen LogP contribution in [0.15, 0.2) is 33.5 Å². The van der Waals surface area contributed by atoms with Gasteiger partial charge in [-0.25, -0.2) is 4.98 Å². The number of amides is 1. The van der Waals surface area contributed by atoms with Gasteiger partial charge in [0, 0.05) is 32.4 Å². The van der Waals surface area contributed by atoms with Crippen molar-refractivity contribution in [3.8, 4) is 0 Å². The van der Waals surface area contributed by atoms with Gasteiger partial charge in [0.2, 0.25) is 0 Å². The first-order valence-electron chi connectivity index (χ1n) is 7.81. The van der Waals surface area contributed by atoms with Crippen LogP contribution in [0.4, 0.5) is 24.7 Å². The maximum Gasteiger partial charge on any atom is 0.417 e. The van der Waals surface area contributed by atoms with Crippen molar-refractivity contribution in [3.05, 3.63) is 40.4 Å². The molecule has 26 heavy (non-hydrogen) atoms. The van der Waals surface area contributed by atoms with Crippen LogP contribution < -0.4 is 10.2 Å². The van der Waals surface area contributed by atoms with Crippen molar-refractivity contribution in [2.24, 2.45) is 0 Å². The summed E-state index contributed by atoms with van der Waals surface area (Å²) in [5, 5.41) is 2.49. The molecule has 0 aromatic carbocycles. The predicted molar refractivity (Wildman–Crippen MR) is 93.3 cm³/mol. The van der Waals surface area contributed by atoms with E-state index in [1.165, 1.54) is 12.1 Å². The molecule has 3 heterocycles. The highest BCUT2D eigenvalue weighted by molar-refractivity contribution is 9.10. The van der Waals surface area contributed by atoms with E-state index in [0.29, 0.717) is 23.6 Å². The molecule has 2 aromatic heterocycles. The van der Waals surface area contributed by atoms with Gasteiger partial charge in [0.25, 0.3) is 5.91 Å². The largest absolute Gasteiger partial charge is 0.444 e. The minimum absolute atomic E-state index is 0.00176. The number of nitrogens with zero attached hydrogens (tertiary/aromatic N) is 3. The number of carbonyl (C=O) groups excluding carboxylic acids is 1. The quantitative estimate of drug-likeness (QED) is 0.804. The fourth-order valence-electron chi connectivity index (χ4n) is 2.60. The number of hydrogen-bond acceptors (Lipinski definition) is 5. The van der Waals surface area contributed by atoms with E-state index in [0.717, 1.165) is 25.4 Å². The van der Waals surface area contributed by atoms with Crippen LogP contribution in [0, 0.1) is 0 Å². The van der Waals surface area contributed by atoms with E-state index < -0.39 is 17.6 Å². The molecule has 2 aromatic rings. The molecule has 1 saturated heterocycles. The summed E-state index contributed by atoms with van der Waals surface area (Å²) >= 11 is 3.09. The van der Waals surface area contributed by atoms with E-state index >= 15 is 0 Å². The van der Waals surface area contributed by atoms with Crippen LogP contribution >= 0.6 is 15.9 Å². The second-order valence-electron chi connectivity index (χ2n) is 5.94. The van der Waals surface area contributed by atoms with E-state index in [2.05, 4.69) is 31.1 Å². The highest BCUT2D eigenvalue weighted by atomic mass is 79.9. The lowest BCUT2D eigenvalue weighted by Gasteiger charge is -2.34. The Bertz CT molecular complexity index is 801. The van der Waals surface area contributed by atoms with Gasteiger partial charge in [-0.3, -0.25) is 4.79 Å². The number of aromatic nitrogens is 1. The molecule has 3 rings (SSSR count). The highest BCUT2D eigenvalue weighted by Crippen LogP contribution is 2.34. The summed E-state index contributed by atoms with van der Waals surface area (Å²) in [6.45, 7) is 2.70. The van der Waals surface area contributed by atoms with Crippen molar-refractivity contribution in [1.82, 2.24) is 9.88 Å². The molecule has 0 spiro atoms. The van der Waals surface area contributed by atoms with Crippen LogP contribution in [0.3, 0.4) is 0 Å². The number of pyridine rings is 1. The van der Waals surface area contributed by atoms with Gasteiger partial charge in [0.1, 0.15) is 0 Å². The molecule has 140 valence electrons. The molecule has 0 radical (unpaired) electrons. The average molecular weight is 433 g/mol. The smallest absolute Gasteiger partial charge is 0.417 e. The number of piperazine rings is 1. The zero-order valence-corrected chi connectivity index (χ0v) is 15.4. The number of halogens is 4. The maximum absolute atomic E-state index is 13.1. The first kappa shape index (κ1) is 18.7. The Labute approximate surface area is 156 Å². The zero-order valence-electron chi connectivity index (χ0n) is 13.8. The van der Waals surface area contributed by atoms with Crippen molar-refractivity contribution in [2.45, 2.75) is 6.18 Å². The Morgan fingerprint density at radius 1 is 1.27 bits per heavy atom. The van der Waals surface area contributed by atoms with E-state index in [-0.39, 0.29) is 11.4 Å². The number of rotatable bonds is 3. The van der Waals surface area contributed by atoms with Gasteiger partial charge in [-0.2, -0.15) is 13.2 Å². The lowest BCUT2D eigenvalue weighted by molar-refractivity contribution is -0.137. The van der Waals surface area contributed by atoms with Crippen molar-refractivity contribution >= 4 is 33.3 Å². The molecule has 0 saturated carbocycles. The number of alkyl halides is 3. The minimum atomic E-state index is -4.55. The number of carbonyl (C=O) groups is 1. The number of furan rings is 1. The highest BCUT2D eigenvalue weighted by Gasteiger charge is 2.33. The fourth-order valence-corrected chi connectivity index (χ4v) is 2.90. The summed E-state index contributed by atoms with van der Waals surface area (Å²) < 4.78 is 44.7. The molecule has 1 amide bonds. The molecule has 1 N–H and O–H groups in total. The van der Waals surface area contributed by atoms with E-state index in [4.69, 9.17) is 4.42 Å². The SMILES string of the molecule is CN1CCN(c2ncc(C(F)(F)F)cc2NC(=O)c2ccc(Br)o2)CC1. The molecule has 0 aliphatic carbocycles. The third-order valence-electron chi connectivity index (χ3n) is 4.04. The fraction of sp³-hybridized carbons (Fsp3) is 0.375. The lowest BCUT2D eigenvalue weighted by atomic mass is 10.2. The monoisotopic (exact) mass is 432 g/mol. The number of likely N-dealkylation sites (N-methyl/N-ethyl adjacent to an activating group) is 1. The number of nitrogens with one attached hydrogen (secondary N) is 1. The summed E-state index contributed by atoms with van der Waals surface area (Å²) in [4.78, 5) is 20.3. The molecule has 6 nitrogen and oxygen atoms in total. The summed E-state index contributed by atoms with van der Waals surface area (Å²) in [5.74, 6) is -0.351. The molecular formula is C16H16BrF3N4O2. The summed E-state index contributed by atoms with van der Waals surface area (Å²) in [6.07, 6.45) is -3.77. The topological polar surface area (TPSA) is 61.6 Å². The Morgan fingerprint density at radius 3 is 2.54 bits per heavy atom. The third kappa shape index (κ3) is 4.18. The number of hydrogen-bond donors (Lipinski definition) is 1. The Kier molecular flexibility index (Phi) is 5.24. The van der Waals surface area contributed by atoms with Crippen LogP contribution in [0.2, 0.25) is 0 Å². The first-order valence-corrected chi connectivity index (χ1v) is 8.61. The van der Waals surface area contributed by atoms with Gasteiger partial charge in [0.15, 0.2) is 16.2 Å². The molecule has 1 fully saturated rings. The van der Waals surface area contributed by atoms with Gasteiger partial charge in [-0.15, -0.1) is 0 Å². The summed E-state index contributed by atoms with van der Waals surface area (Å²) in [5.41, 5.74) is -0.923. The Balaban J connectivity index is 1.92. The molecule has 0 bridgehead atoms. The van der Waals surface area contributed by atoms with Gasteiger partial charge >= 0.3 is 6.18 Å². The first-order chi connectivity index (χ1) is 12.2. The second-order valence-corrected chi connectivity index (χ2v) is 6.72. The zero-order chi connectivity index (χ0) is 18.9. The molecular weight excluding hydrogens is 417 g/mol. The van der Waals surface area contributed by atoms with Gasteiger partial charge < -0.3 is 19.5 Å². The van der Waals surface area contributed by atoms with Gasteiger partial charge in [-0.1, -0.05) is 0 Å². The molecule has 10 heteroatoms. The Hall–Kier alpha value is -2.07. The maximum atomic E-state index is 13.1. The van der Waals surface area contributed by atoms with E-state index in [1.807, 2.05) is 11.9 Å². The third-order valence-corrected chi connectivity index (χ3v) is 4.47. The average Bonchev–Trinajstić information content (AvgIpc) is 3.01. The van der Waals surface area contributed by atoms with Gasteiger partial charge in [0.05, 0.1) is 11.3 Å². The standard InChI is InChI=1S/C16H16BrF3N4O2/c1-23-4-6-24(7-5-23)14-11(8-10(9-21-14)16(18,19)20)22-15(25)12-2-3-13(17)26-12/h2-3,8-9H,4-7H2,1H3,(H,22,25). The molecule has 0 atom stereocenters. The van der Waals surface area contributed by atoms with Crippen molar-refractivity contribution < 1.29 is 22.4 Å². The van der Waals surface area contributed by atoms with Crippen molar-refractivity contribution in [3.63, 3.8) is 0 Å². The lowest BCUT2D eigenvalue weighted by Crippen LogP contribution is -2.45. The normalized spacial score (nSPS) is 16.0. The summed E-state index contributed by atoms with van der Waals surface area (Å²) in [7, 11) is 1.97. The van der Waals surface area contributed by atoms with E-state index in [1.54, 1.807) is 0 Å². The van der Waals surface area contributed by atoms with E-state index in [9.17, 15) is 18.0 Å². The number of anilines is 2. The van der Waals surface area contributed by atoms with Crippen molar-refractivity contribution in [2.75, 3.05) is 43.4 Å². The molecule has 0 unspecified atom stereocenters. The predicted octanol–water partition coefficient (Wildman–Crippen LogP) is 3.46. The Morgan fingerprint density at radius 2 is 1.96 bits per heavy atom. The van der Waals surface area contributed by atoms with Crippen LogP contribution in [-0.4, -0.2) is 49.0 Å². The minimum Gasteiger partial charge on any atom is -0.444 e. The summed E-state index contributed by atoms with van der Waals surface area (Å²) in [6, 6.07) is 3.85. The molecule has 1 aliphatic rings. The molecule has 1 aliphatic heterocycles. The second kappa shape index (κ2) is 7.28.